The molecule has 4 heteroatoms. The fourth-order valence-electron chi connectivity index (χ4n) is 1.94. The van der Waals surface area contributed by atoms with Crippen molar-refractivity contribution >= 4 is 5.91 Å². The molecule has 0 aliphatic heterocycles. The van der Waals surface area contributed by atoms with Crippen LogP contribution in [0.3, 0.4) is 0 Å². The van der Waals surface area contributed by atoms with Crippen LogP contribution >= 0.6 is 0 Å². The molecule has 0 atom stereocenters. The molecule has 1 amide bonds. The van der Waals surface area contributed by atoms with Gasteiger partial charge in [0.25, 0.3) is 0 Å². The number of hydrogen-bond donors (Lipinski definition) is 2. The number of ether oxygens (including phenoxy) is 1. The largest absolute Gasteiger partial charge is 0.493 e. The molecular weight excluding hydrogens is 228 g/mol. The number of carbonyl (C=O) groups excluding carboxylic acids is 1. The molecule has 1 aromatic carbocycles. The van der Waals surface area contributed by atoms with Crippen LogP contribution in [0.2, 0.25) is 0 Å². The topological polar surface area (TPSA) is 64.3 Å². The highest BCUT2D eigenvalue weighted by molar-refractivity contribution is 5.75. The lowest BCUT2D eigenvalue weighted by molar-refractivity contribution is -0.121. The van der Waals surface area contributed by atoms with Gasteiger partial charge in [-0.3, -0.25) is 4.79 Å². The average molecular weight is 250 g/mol. The lowest BCUT2D eigenvalue weighted by atomic mass is 10.1. The van der Waals surface area contributed by atoms with Crippen LogP contribution in [0.1, 0.15) is 23.1 Å². The first-order valence-corrected chi connectivity index (χ1v) is 6.22. The molecule has 0 aromatic heterocycles. The van der Waals surface area contributed by atoms with Gasteiger partial charge in [-0.25, -0.2) is 0 Å². The van der Waals surface area contributed by atoms with E-state index in [2.05, 4.69) is 24.4 Å². The first kappa shape index (κ1) is 14.5. The van der Waals surface area contributed by atoms with E-state index >= 15 is 0 Å². The highest BCUT2D eigenvalue weighted by atomic mass is 16.5. The van der Waals surface area contributed by atoms with Crippen molar-refractivity contribution in [3.05, 3.63) is 28.8 Å². The van der Waals surface area contributed by atoms with Crippen LogP contribution in [0.25, 0.3) is 0 Å². The first-order chi connectivity index (χ1) is 8.54. The molecule has 0 aliphatic rings. The summed E-state index contributed by atoms with van der Waals surface area (Å²) in [6.45, 7) is 7.46. The minimum absolute atomic E-state index is 0.0251. The zero-order chi connectivity index (χ0) is 13.5. The summed E-state index contributed by atoms with van der Waals surface area (Å²) in [5.74, 6) is 0.857. The van der Waals surface area contributed by atoms with Crippen molar-refractivity contribution in [1.29, 1.82) is 0 Å². The van der Waals surface area contributed by atoms with E-state index in [1.165, 1.54) is 5.56 Å². The molecule has 1 rings (SSSR count). The van der Waals surface area contributed by atoms with Crippen molar-refractivity contribution in [3.63, 3.8) is 0 Å². The Hall–Kier alpha value is -1.55. The number of carbonyl (C=O) groups is 1. The van der Waals surface area contributed by atoms with Crippen LogP contribution in [0, 0.1) is 20.8 Å². The van der Waals surface area contributed by atoms with Crippen molar-refractivity contribution in [1.82, 2.24) is 5.32 Å². The summed E-state index contributed by atoms with van der Waals surface area (Å²) in [7, 11) is 0. The van der Waals surface area contributed by atoms with Gasteiger partial charge in [-0.15, -0.1) is 0 Å². The molecule has 0 heterocycles. The van der Waals surface area contributed by atoms with Gasteiger partial charge < -0.3 is 15.8 Å². The van der Waals surface area contributed by atoms with Gasteiger partial charge in [0.05, 0.1) is 13.0 Å². The maximum atomic E-state index is 11.4. The van der Waals surface area contributed by atoms with E-state index in [0.29, 0.717) is 26.1 Å². The summed E-state index contributed by atoms with van der Waals surface area (Å²) in [5.41, 5.74) is 8.74. The number of rotatable bonds is 6. The van der Waals surface area contributed by atoms with E-state index in [1.807, 2.05) is 13.8 Å². The SMILES string of the molecule is Cc1cc(C)c(OCCC(=O)NCCN)c(C)c1. The third-order valence-electron chi connectivity index (χ3n) is 2.65. The van der Waals surface area contributed by atoms with E-state index < -0.39 is 0 Å². The average Bonchev–Trinajstić information content (AvgIpc) is 2.29. The first-order valence-electron chi connectivity index (χ1n) is 6.22. The lowest BCUT2D eigenvalue weighted by Gasteiger charge is -2.13. The number of nitrogens with two attached hydrogens (primary N) is 1. The van der Waals surface area contributed by atoms with Gasteiger partial charge in [-0.1, -0.05) is 17.7 Å². The van der Waals surface area contributed by atoms with Crippen LogP contribution in [-0.2, 0) is 4.79 Å². The van der Waals surface area contributed by atoms with Gasteiger partial charge >= 0.3 is 0 Å². The number of benzene rings is 1. The number of aryl methyl sites for hydroxylation is 3. The molecule has 4 nitrogen and oxygen atoms in total. The fourth-order valence-corrected chi connectivity index (χ4v) is 1.94. The molecule has 0 saturated heterocycles. The van der Waals surface area contributed by atoms with Gasteiger partial charge in [0, 0.05) is 13.1 Å². The van der Waals surface area contributed by atoms with Crippen molar-refractivity contribution in [2.75, 3.05) is 19.7 Å². The van der Waals surface area contributed by atoms with Gasteiger partial charge in [0.15, 0.2) is 0 Å². The van der Waals surface area contributed by atoms with E-state index in [4.69, 9.17) is 10.5 Å². The van der Waals surface area contributed by atoms with Crippen LogP contribution in [-0.4, -0.2) is 25.6 Å². The maximum absolute atomic E-state index is 11.4. The number of hydrogen-bond acceptors (Lipinski definition) is 3. The van der Waals surface area contributed by atoms with Crippen LogP contribution in [0.5, 0.6) is 5.75 Å². The standard InChI is InChI=1S/C14H22N2O2/c1-10-8-11(2)14(12(3)9-10)18-7-4-13(17)16-6-5-15/h8-9H,4-7,15H2,1-3H3,(H,16,17). The van der Waals surface area contributed by atoms with Gasteiger partial charge in [0.2, 0.25) is 5.91 Å². The molecule has 0 bridgehead atoms. The lowest BCUT2D eigenvalue weighted by Crippen LogP contribution is -2.29. The van der Waals surface area contributed by atoms with Crippen LogP contribution < -0.4 is 15.8 Å². The molecule has 18 heavy (non-hydrogen) atoms. The van der Waals surface area contributed by atoms with Gasteiger partial charge in [-0.05, 0) is 31.9 Å². The molecular formula is C14H22N2O2. The van der Waals surface area contributed by atoms with E-state index in [1.54, 1.807) is 0 Å². The smallest absolute Gasteiger partial charge is 0.223 e. The van der Waals surface area contributed by atoms with Crippen molar-refractivity contribution < 1.29 is 9.53 Å². The Labute approximate surface area is 109 Å². The second-order valence-electron chi connectivity index (χ2n) is 4.46. The summed E-state index contributed by atoms with van der Waals surface area (Å²) in [6, 6.07) is 4.16. The quantitative estimate of drug-likeness (QED) is 0.803. The minimum Gasteiger partial charge on any atom is -0.493 e. The predicted molar refractivity (Wildman–Crippen MR) is 72.8 cm³/mol. The Morgan fingerprint density at radius 3 is 2.44 bits per heavy atom. The molecule has 3 N–H and O–H groups in total. The maximum Gasteiger partial charge on any atom is 0.223 e. The zero-order valence-corrected chi connectivity index (χ0v) is 11.4. The molecule has 100 valence electrons. The third-order valence-corrected chi connectivity index (χ3v) is 2.65. The Balaban J connectivity index is 2.47. The van der Waals surface area contributed by atoms with Crippen molar-refractivity contribution in [2.45, 2.75) is 27.2 Å². The summed E-state index contributed by atoms with van der Waals surface area (Å²) in [5, 5.41) is 2.71. The molecule has 0 spiro atoms. The molecule has 0 radical (unpaired) electrons. The Morgan fingerprint density at radius 2 is 1.89 bits per heavy atom. The van der Waals surface area contributed by atoms with E-state index in [-0.39, 0.29) is 5.91 Å². The van der Waals surface area contributed by atoms with Crippen LogP contribution in [0.4, 0.5) is 0 Å². The number of amides is 1. The van der Waals surface area contributed by atoms with Gasteiger partial charge in [-0.2, -0.15) is 0 Å². The predicted octanol–water partition coefficient (Wildman–Crippen LogP) is 1.46. The summed E-state index contributed by atoms with van der Waals surface area (Å²) in [4.78, 5) is 11.4. The molecule has 0 saturated carbocycles. The van der Waals surface area contributed by atoms with Crippen LogP contribution in [0.15, 0.2) is 12.1 Å². The second kappa shape index (κ2) is 7.01. The fraction of sp³-hybridized carbons (Fsp3) is 0.500. The Bertz CT molecular complexity index is 393. The summed E-state index contributed by atoms with van der Waals surface area (Å²) in [6.07, 6.45) is 0.354. The van der Waals surface area contributed by atoms with Gasteiger partial charge in [0.1, 0.15) is 5.75 Å². The monoisotopic (exact) mass is 250 g/mol. The second-order valence-corrected chi connectivity index (χ2v) is 4.46. The Kier molecular flexibility index (Phi) is 5.65. The molecule has 0 unspecified atom stereocenters. The molecule has 0 aliphatic carbocycles. The zero-order valence-electron chi connectivity index (χ0n) is 11.4. The Morgan fingerprint density at radius 1 is 1.28 bits per heavy atom. The van der Waals surface area contributed by atoms with Crippen molar-refractivity contribution in [2.24, 2.45) is 5.73 Å². The summed E-state index contributed by atoms with van der Waals surface area (Å²) < 4.78 is 5.68. The highest BCUT2D eigenvalue weighted by Gasteiger charge is 2.06. The normalized spacial score (nSPS) is 10.2. The molecule has 0 fully saturated rings. The number of nitrogens with one attached hydrogen (secondary N) is 1. The molecule has 1 aromatic rings. The third kappa shape index (κ3) is 4.37. The van der Waals surface area contributed by atoms with Crippen molar-refractivity contribution in [3.8, 4) is 5.75 Å². The minimum atomic E-state index is -0.0251. The highest BCUT2D eigenvalue weighted by Crippen LogP contribution is 2.24. The van der Waals surface area contributed by atoms with E-state index in [0.717, 1.165) is 16.9 Å². The summed E-state index contributed by atoms with van der Waals surface area (Å²) >= 11 is 0. The van der Waals surface area contributed by atoms with E-state index in [9.17, 15) is 4.79 Å².